The number of hydrogen-bond donors (Lipinski definition) is 2. The van der Waals surface area contributed by atoms with Crippen molar-refractivity contribution in [2.75, 3.05) is 24.4 Å². The van der Waals surface area contributed by atoms with Crippen LogP contribution in [0.15, 0.2) is 48.7 Å². The molecule has 1 heterocycles. The summed E-state index contributed by atoms with van der Waals surface area (Å²) in [7, 11) is 1.56. The first-order chi connectivity index (χ1) is 15.6. The van der Waals surface area contributed by atoms with Crippen molar-refractivity contribution in [1.82, 2.24) is 9.78 Å². The van der Waals surface area contributed by atoms with E-state index in [1.165, 1.54) is 6.92 Å². The molecule has 3 aromatic rings. The maximum absolute atomic E-state index is 12.9. The zero-order valence-electron chi connectivity index (χ0n) is 19.9. The number of anilines is 2. The quantitative estimate of drug-likeness (QED) is 0.495. The first-order valence-corrected chi connectivity index (χ1v) is 14.1. The van der Waals surface area contributed by atoms with E-state index < -0.39 is 8.07 Å². The van der Waals surface area contributed by atoms with E-state index >= 15 is 0 Å². The Labute approximate surface area is 194 Å². The second-order valence-corrected chi connectivity index (χ2v) is 13.8. The molecule has 0 bridgehead atoms. The lowest BCUT2D eigenvalue weighted by molar-refractivity contribution is -0.118. The molecule has 0 fully saturated rings. The lowest BCUT2D eigenvalue weighted by Gasteiger charge is -2.26. The van der Waals surface area contributed by atoms with Gasteiger partial charge in [-0.15, -0.1) is 5.10 Å². The van der Waals surface area contributed by atoms with E-state index in [0.717, 1.165) is 22.1 Å². The second-order valence-electron chi connectivity index (χ2n) is 8.73. The third-order valence-corrected chi connectivity index (χ3v) is 7.04. The molecule has 3 rings (SSSR count). The normalized spacial score (nSPS) is 11.1. The van der Waals surface area contributed by atoms with Crippen LogP contribution < -0.4 is 25.3 Å². The standard InChI is InChI=1S/C24H30N4O4Si/c1-16(29)25-19-11-12-20(33(4,5)6)23(17-7-9-18(31-3)10-8-17)24(19)26-21(30)15-32-22-13-14-28(2)27-22/h7-14H,15H2,1-6H3,(H,25,29)(H,26,30). The van der Waals surface area contributed by atoms with Crippen LogP contribution >= 0.6 is 0 Å². The Morgan fingerprint density at radius 3 is 2.27 bits per heavy atom. The van der Waals surface area contributed by atoms with Gasteiger partial charge in [-0.2, -0.15) is 0 Å². The Morgan fingerprint density at radius 2 is 1.73 bits per heavy atom. The Kier molecular flexibility index (Phi) is 7.22. The van der Waals surface area contributed by atoms with Gasteiger partial charge < -0.3 is 20.1 Å². The average Bonchev–Trinajstić information content (AvgIpc) is 3.17. The van der Waals surface area contributed by atoms with Gasteiger partial charge in [-0.25, -0.2) is 0 Å². The highest BCUT2D eigenvalue weighted by Crippen LogP contribution is 2.35. The van der Waals surface area contributed by atoms with Crippen LogP contribution in [-0.4, -0.2) is 43.4 Å². The summed E-state index contributed by atoms with van der Waals surface area (Å²) in [6, 6.07) is 13.2. The second kappa shape index (κ2) is 9.91. The number of carbonyl (C=O) groups is 2. The molecular formula is C24H30N4O4Si. The van der Waals surface area contributed by atoms with Gasteiger partial charge in [-0.3, -0.25) is 14.3 Å². The summed E-state index contributed by atoms with van der Waals surface area (Å²) in [5, 5.41) is 11.1. The van der Waals surface area contributed by atoms with E-state index in [-0.39, 0.29) is 18.4 Å². The van der Waals surface area contributed by atoms with Crippen LogP contribution in [0.25, 0.3) is 11.1 Å². The van der Waals surface area contributed by atoms with Gasteiger partial charge in [0.2, 0.25) is 11.8 Å². The van der Waals surface area contributed by atoms with Gasteiger partial charge in [0.05, 0.1) is 26.6 Å². The van der Waals surface area contributed by atoms with E-state index in [4.69, 9.17) is 9.47 Å². The number of carbonyl (C=O) groups excluding carboxylic acids is 2. The SMILES string of the molecule is COc1ccc(-c2c([Si](C)(C)C)ccc(NC(C)=O)c2NC(=O)COc2ccn(C)n2)cc1. The van der Waals surface area contributed by atoms with E-state index in [9.17, 15) is 9.59 Å². The maximum Gasteiger partial charge on any atom is 0.262 e. The van der Waals surface area contributed by atoms with Crippen molar-refractivity contribution in [2.45, 2.75) is 26.6 Å². The third kappa shape index (κ3) is 6.01. The lowest BCUT2D eigenvalue weighted by atomic mass is 10.0. The highest BCUT2D eigenvalue weighted by Gasteiger charge is 2.26. The molecular weight excluding hydrogens is 436 g/mol. The summed E-state index contributed by atoms with van der Waals surface area (Å²) in [5.74, 6) is 0.521. The number of nitrogens with zero attached hydrogens (tertiary/aromatic N) is 2. The fourth-order valence-corrected chi connectivity index (χ4v) is 5.10. The minimum atomic E-state index is -1.84. The van der Waals surface area contributed by atoms with E-state index in [0.29, 0.717) is 17.3 Å². The van der Waals surface area contributed by atoms with Crippen LogP contribution in [0.3, 0.4) is 0 Å². The minimum absolute atomic E-state index is 0.213. The largest absolute Gasteiger partial charge is 0.497 e. The summed E-state index contributed by atoms with van der Waals surface area (Å²) in [4.78, 5) is 24.8. The van der Waals surface area contributed by atoms with Crippen molar-refractivity contribution in [3.8, 4) is 22.8 Å². The van der Waals surface area contributed by atoms with Gasteiger partial charge in [0.25, 0.3) is 5.91 Å². The molecule has 0 aliphatic carbocycles. The predicted octanol–water partition coefficient (Wildman–Crippen LogP) is 3.62. The molecule has 2 N–H and O–H groups in total. The summed E-state index contributed by atoms with van der Waals surface area (Å²) >= 11 is 0. The highest BCUT2D eigenvalue weighted by atomic mass is 28.3. The summed E-state index contributed by atoms with van der Waals surface area (Å²) in [6.45, 7) is 7.95. The fraction of sp³-hybridized carbons (Fsp3) is 0.292. The zero-order chi connectivity index (χ0) is 24.2. The van der Waals surface area contributed by atoms with Crippen LogP contribution in [0.2, 0.25) is 19.6 Å². The van der Waals surface area contributed by atoms with Gasteiger partial charge >= 0.3 is 0 Å². The molecule has 0 saturated carbocycles. The van der Waals surface area contributed by atoms with E-state index in [2.05, 4.69) is 35.4 Å². The van der Waals surface area contributed by atoms with E-state index in [1.807, 2.05) is 36.4 Å². The van der Waals surface area contributed by atoms with Crippen molar-refractivity contribution in [3.63, 3.8) is 0 Å². The first-order valence-electron chi connectivity index (χ1n) is 10.6. The van der Waals surface area contributed by atoms with Crippen molar-refractivity contribution >= 4 is 36.4 Å². The fourth-order valence-electron chi connectivity index (χ4n) is 3.49. The molecule has 9 heteroatoms. The van der Waals surface area contributed by atoms with E-state index in [1.54, 1.807) is 31.1 Å². The number of amides is 2. The first kappa shape index (κ1) is 24.1. The molecule has 33 heavy (non-hydrogen) atoms. The number of nitrogens with one attached hydrogen (secondary N) is 2. The number of methoxy groups -OCH3 is 1. The molecule has 0 aliphatic rings. The van der Waals surface area contributed by atoms with Crippen molar-refractivity contribution in [3.05, 3.63) is 48.7 Å². The van der Waals surface area contributed by atoms with Crippen LogP contribution in [0.1, 0.15) is 6.92 Å². The zero-order valence-corrected chi connectivity index (χ0v) is 20.9. The molecule has 0 radical (unpaired) electrons. The van der Waals surface area contributed by atoms with Crippen molar-refractivity contribution < 1.29 is 19.1 Å². The van der Waals surface area contributed by atoms with Gasteiger partial charge in [0.1, 0.15) is 5.75 Å². The Bertz CT molecular complexity index is 1150. The Balaban J connectivity index is 2.06. The Morgan fingerprint density at radius 1 is 1.03 bits per heavy atom. The molecule has 0 unspecified atom stereocenters. The van der Waals surface area contributed by atoms with Gasteiger partial charge in [0.15, 0.2) is 6.61 Å². The number of benzene rings is 2. The van der Waals surface area contributed by atoms with Crippen molar-refractivity contribution in [2.24, 2.45) is 7.05 Å². The number of aromatic nitrogens is 2. The van der Waals surface area contributed by atoms with Gasteiger partial charge in [-0.1, -0.05) is 43.0 Å². The topological polar surface area (TPSA) is 94.5 Å². The minimum Gasteiger partial charge on any atom is -0.497 e. The third-order valence-electron chi connectivity index (χ3n) is 5.01. The number of rotatable bonds is 8. The molecule has 2 amide bonds. The number of ether oxygens (including phenoxy) is 2. The smallest absolute Gasteiger partial charge is 0.262 e. The summed E-state index contributed by atoms with van der Waals surface area (Å²) in [5.41, 5.74) is 2.88. The van der Waals surface area contributed by atoms with Crippen molar-refractivity contribution in [1.29, 1.82) is 0 Å². The van der Waals surface area contributed by atoms with Crippen LogP contribution in [0.5, 0.6) is 11.6 Å². The molecule has 0 spiro atoms. The molecule has 2 aromatic carbocycles. The molecule has 174 valence electrons. The highest BCUT2D eigenvalue weighted by molar-refractivity contribution is 6.89. The molecule has 0 aliphatic heterocycles. The molecule has 8 nitrogen and oxygen atoms in total. The van der Waals surface area contributed by atoms with Crippen LogP contribution in [0.4, 0.5) is 11.4 Å². The van der Waals surface area contributed by atoms with Crippen LogP contribution in [0, 0.1) is 0 Å². The predicted molar refractivity (Wildman–Crippen MR) is 133 cm³/mol. The molecule has 0 saturated heterocycles. The summed E-state index contributed by atoms with van der Waals surface area (Å²) in [6.07, 6.45) is 1.74. The molecule has 0 atom stereocenters. The maximum atomic E-state index is 12.9. The molecule has 1 aromatic heterocycles. The monoisotopic (exact) mass is 466 g/mol. The van der Waals surface area contributed by atoms with Crippen LogP contribution in [-0.2, 0) is 16.6 Å². The summed E-state index contributed by atoms with van der Waals surface area (Å²) < 4.78 is 12.4. The van der Waals surface area contributed by atoms with Gasteiger partial charge in [0, 0.05) is 31.8 Å². The van der Waals surface area contributed by atoms with Gasteiger partial charge in [-0.05, 0) is 23.8 Å². The number of aryl methyl sites for hydroxylation is 1. The average molecular weight is 467 g/mol. The Hall–Kier alpha value is -3.59. The lowest BCUT2D eigenvalue weighted by Crippen LogP contribution is -2.40. The number of hydrogen-bond acceptors (Lipinski definition) is 5.